The molecule has 0 atom stereocenters. The Morgan fingerprint density at radius 3 is 2.25 bits per heavy atom. The molecule has 16 heavy (non-hydrogen) atoms. The van der Waals surface area contributed by atoms with Crippen molar-refractivity contribution >= 4 is 12.6 Å². The molecule has 80 valence electrons. The fourth-order valence-corrected chi connectivity index (χ4v) is 1.54. The molecule has 0 aliphatic rings. The van der Waals surface area contributed by atoms with Crippen LogP contribution in [0.1, 0.15) is 0 Å². The molecule has 0 saturated heterocycles. The smallest absolute Gasteiger partial charge is 0.423 e. The monoisotopic (exact) mass is 216 g/mol. The third-order valence-electron chi connectivity index (χ3n) is 2.37. The van der Waals surface area contributed by atoms with Gasteiger partial charge in [-0.1, -0.05) is 42.5 Å². The van der Waals surface area contributed by atoms with Gasteiger partial charge in [0.15, 0.2) is 0 Å². The molecule has 2 N–H and O–H groups in total. The van der Waals surface area contributed by atoms with Gasteiger partial charge in [0, 0.05) is 5.56 Å². The van der Waals surface area contributed by atoms with E-state index in [1.54, 1.807) is 24.3 Å². The summed E-state index contributed by atoms with van der Waals surface area (Å²) in [5.41, 5.74) is 1.36. The van der Waals surface area contributed by atoms with E-state index < -0.39 is 7.12 Å². The van der Waals surface area contributed by atoms with Crippen LogP contribution in [0.15, 0.2) is 48.5 Å². The van der Waals surface area contributed by atoms with Crippen LogP contribution in [0, 0.1) is 5.82 Å². The second kappa shape index (κ2) is 4.47. The van der Waals surface area contributed by atoms with Gasteiger partial charge in [-0.3, -0.25) is 0 Å². The minimum Gasteiger partial charge on any atom is -0.423 e. The van der Waals surface area contributed by atoms with Crippen LogP contribution in [0.2, 0.25) is 0 Å². The Labute approximate surface area is 93.1 Å². The Bertz CT molecular complexity index is 486. The Balaban J connectivity index is 2.52. The van der Waals surface area contributed by atoms with Crippen molar-refractivity contribution in [1.29, 1.82) is 0 Å². The molecule has 0 amide bonds. The van der Waals surface area contributed by atoms with Gasteiger partial charge in [0.1, 0.15) is 5.82 Å². The van der Waals surface area contributed by atoms with E-state index in [1.807, 2.05) is 6.07 Å². The van der Waals surface area contributed by atoms with Gasteiger partial charge in [-0.2, -0.15) is 0 Å². The minimum absolute atomic E-state index is 0.278. The summed E-state index contributed by atoms with van der Waals surface area (Å²) in [6, 6.07) is 13.0. The van der Waals surface area contributed by atoms with E-state index in [-0.39, 0.29) is 11.3 Å². The number of hydrogen-bond acceptors (Lipinski definition) is 2. The van der Waals surface area contributed by atoms with Gasteiger partial charge < -0.3 is 10.0 Å². The van der Waals surface area contributed by atoms with Crippen molar-refractivity contribution in [2.75, 3.05) is 0 Å². The molecule has 0 aliphatic carbocycles. The van der Waals surface area contributed by atoms with Crippen LogP contribution in [-0.2, 0) is 0 Å². The highest BCUT2D eigenvalue weighted by molar-refractivity contribution is 6.58. The second-order valence-electron chi connectivity index (χ2n) is 3.48. The van der Waals surface area contributed by atoms with E-state index >= 15 is 0 Å². The molecule has 0 unspecified atom stereocenters. The van der Waals surface area contributed by atoms with Crippen LogP contribution in [-0.4, -0.2) is 17.2 Å². The number of halogens is 1. The molecule has 4 heteroatoms. The molecule has 0 fully saturated rings. The predicted molar refractivity (Wildman–Crippen MR) is 61.7 cm³/mol. The van der Waals surface area contributed by atoms with Crippen molar-refractivity contribution in [3.05, 3.63) is 54.3 Å². The fraction of sp³-hybridized carbons (Fsp3) is 0. The number of hydrogen-bond donors (Lipinski definition) is 2. The molecule has 0 aromatic heterocycles. The highest BCUT2D eigenvalue weighted by Crippen LogP contribution is 2.20. The molecule has 2 nitrogen and oxygen atoms in total. The van der Waals surface area contributed by atoms with Crippen LogP contribution in [0.25, 0.3) is 11.1 Å². The van der Waals surface area contributed by atoms with Gasteiger partial charge >= 0.3 is 7.12 Å². The molecule has 2 rings (SSSR count). The lowest BCUT2D eigenvalue weighted by atomic mass is 9.79. The van der Waals surface area contributed by atoms with Crippen molar-refractivity contribution in [3.63, 3.8) is 0 Å². The molecule has 0 radical (unpaired) electrons. The molecular formula is C12H10BFO2. The molecule has 0 saturated carbocycles. The summed E-state index contributed by atoms with van der Waals surface area (Å²) in [6.45, 7) is 0. The number of benzene rings is 2. The third-order valence-corrected chi connectivity index (χ3v) is 2.37. The summed E-state index contributed by atoms with van der Waals surface area (Å²) < 4.78 is 13.6. The van der Waals surface area contributed by atoms with E-state index in [0.29, 0.717) is 11.1 Å². The van der Waals surface area contributed by atoms with Gasteiger partial charge in [-0.15, -0.1) is 0 Å². The molecule has 0 bridgehead atoms. The van der Waals surface area contributed by atoms with Crippen LogP contribution < -0.4 is 5.46 Å². The average Bonchev–Trinajstić information content (AvgIpc) is 2.30. The summed E-state index contributed by atoms with van der Waals surface area (Å²) in [5, 5.41) is 18.0. The van der Waals surface area contributed by atoms with Crippen molar-refractivity contribution < 1.29 is 14.4 Å². The summed E-state index contributed by atoms with van der Waals surface area (Å²) in [4.78, 5) is 0. The number of rotatable bonds is 2. The lowest BCUT2D eigenvalue weighted by molar-refractivity contribution is 0.425. The van der Waals surface area contributed by atoms with E-state index in [4.69, 9.17) is 10.0 Å². The van der Waals surface area contributed by atoms with Crippen molar-refractivity contribution in [1.82, 2.24) is 0 Å². The summed E-state index contributed by atoms with van der Waals surface area (Å²) in [6.07, 6.45) is 0. The Kier molecular flexibility index (Phi) is 3.03. The molecule has 0 spiro atoms. The van der Waals surface area contributed by atoms with Crippen LogP contribution in [0.4, 0.5) is 4.39 Å². The SMILES string of the molecule is OB(O)c1ccc(F)c(-c2ccccc2)c1. The van der Waals surface area contributed by atoms with E-state index in [9.17, 15) is 4.39 Å². The minimum atomic E-state index is -1.58. The summed E-state index contributed by atoms with van der Waals surface area (Å²) >= 11 is 0. The van der Waals surface area contributed by atoms with Gasteiger partial charge in [0.2, 0.25) is 0 Å². The second-order valence-corrected chi connectivity index (χ2v) is 3.48. The van der Waals surface area contributed by atoms with Crippen molar-refractivity contribution in [3.8, 4) is 11.1 Å². The molecule has 2 aromatic rings. The fourth-order valence-electron chi connectivity index (χ4n) is 1.54. The normalized spacial score (nSPS) is 10.2. The van der Waals surface area contributed by atoms with Gasteiger partial charge in [0.25, 0.3) is 0 Å². The zero-order chi connectivity index (χ0) is 11.5. The van der Waals surface area contributed by atoms with Crippen LogP contribution in [0.5, 0.6) is 0 Å². The Morgan fingerprint density at radius 2 is 1.62 bits per heavy atom. The highest BCUT2D eigenvalue weighted by atomic mass is 19.1. The van der Waals surface area contributed by atoms with E-state index in [2.05, 4.69) is 0 Å². The maximum atomic E-state index is 13.6. The van der Waals surface area contributed by atoms with Gasteiger partial charge in [-0.05, 0) is 17.1 Å². The third kappa shape index (κ3) is 2.13. The van der Waals surface area contributed by atoms with E-state index in [1.165, 1.54) is 18.2 Å². The van der Waals surface area contributed by atoms with Crippen molar-refractivity contribution in [2.24, 2.45) is 0 Å². The largest absolute Gasteiger partial charge is 0.488 e. The maximum Gasteiger partial charge on any atom is 0.488 e. The topological polar surface area (TPSA) is 40.5 Å². The molecule has 0 heterocycles. The zero-order valence-corrected chi connectivity index (χ0v) is 8.47. The Hall–Kier alpha value is -1.65. The standard InChI is InChI=1S/C12H10BFO2/c14-12-7-6-10(13(15)16)8-11(12)9-4-2-1-3-5-9/h1-8,15-16H. The first-order valence-corrected chi connectivity index (χ1v) is 4.89. The summed E-state index contributed by atoms with van der Waals surface area (Å²) in [5.74, 6) is -0.379. The maximum absolute atomic E-state index is 13.6. The molecule has 0 aliphatic heterocycles. The lowest BCUT2D eigenvalue weighted by Gasteiger charge is -2.06. The average molecular weight is 216 g/mol. The highest BCUT2D eigenvalue weighted by Gasteiger charge is 2.14. The van der Waals surface area contributed by atoms with Crippen LogP contribution in [0.3, 0.4) is 0 Å². The van der Waals surface area contributed by atoms with Gasteiger partial charge in [-0.25, -0.2) is 4.39 Å². The summed E-state index contributed by atoms with van der Waals surface area (Å²) in [7, 11) is -1.58. The van der Waals surface area contributed by atoms with E-state index in [0.717, 1.165) is 0 Å². The molecular weight excluding hydrogens is 206 g/mol. The lowest BCUT2D eigenvalue weighted by Crippen LogP contribution is -2.29. The predicted octanol–water partition coefficient (Wildman–Crippen LogP) is 1.17. The first-order chi connectivity index (χ1) is 7.68. The molecule has 2 aromatic carbocycles. The Morgan fingerprint density at radius 1 is 0.938 bits per heavy atom. The van der Waals surface area contributed by atoms with Crippen LogP contribution >= 0.6 is 0 Å². The zero-order valence-electron chi connectivity index (χ0n) is 8.47. The van der Waals surface area contributed by atoms with Crippen molar-refractivity contribution in [2.45, 2.75) is 0 Å². The first kappa shape index (κ1) is 10.9. The quantitative estimate of drug-likeness (QED) is 0.739. The first-order valence-electron chi connectivity index (χ1n) is 4.89. The van der Waals surface area contributed by atoms with Gasteiger partial charge in [0.05, 0.1) is 0 Å².